The summed E-state index contributed by atoms with van der Waals surface area (Å²) in [7, 11) is 0. The summed E-state index contributed by atoms with van der Waals surface area (Å²) in [5, 5.41) is 5.38. The SMILES string of the molecule is CCCC1CCC(C)C12C(=O)NC(=S)NC2=O. The molecule has 1 heterocycles. The van der Waals surface area contributed by atoms with E-state index in [0.29, 0.717) is 0 Å². The van der Waals surface area contributed by atoms with Gasteiger partial charge in [-0.15, -0.1) is 0 Å². The third kappa shape index (κ3) is 1.68. The normalized spacial score (nSPS) is 31.5. The summed E-state index contributed by atoms with van der Waals surface area (Å²) in [4.78, 5) is 24.6. The molecule has 2 aliphatic rings. The van der Waals surface area contributed by atoms with Crippen molar-refractivity contribution in [2.24, 2.45) is 17.3 Å². The lowest BCUT2D eigenvalue weighted by molar-refractivity contribution is -0.149. The molecule has 4 nitrogen and oxygen atoms in total. The summed E-state index contributed by atoms with van der Waals surface area (Å²) >= 11 is 4.86. The standard InChI is InChI=1S/C12H18N2O2S/c1-3-4-8-6-5-7(2)12(8)9(15)13-11(17)14-10(12)16/h7-8H,3-6H2,1-2H3,(H2,13,14,15,16,17). The Hall–Kier alpha value is -0.970. The Balaban J connectivity index is 2.39. The van der Waals surface area contributed by atoms with Crippen LogP contribution in [-0.4, -0.2) is 16.9 Å². The van der Waals surface area contributed by atoms with Gasteiger partial charge in [0.1, 0.15) is 5.41 Å². The molecule has 2 unspecified atom stereocenters. The van der Waals surface area contributed by atoms with Crippen LogP contribution in [0.25, 0.3) is 0 Å². The molecular weight excluding hydrogens is 236 g/mol. The number of thiocarbonyl (C=S) groups is 1. The van der Waals surface area contributed by atoms with Gasteiger partial charge in [0.25, 0.3) is 0 Å². The van der Waals surface area contributed by atoms with Crippen molar-refractivity contribution in [2.75, 3.05) is 0 Å². The van der Waals surface area contributed by atoms with Gasteiger partial charge in [0.15, 0.2) is 5.11 Å². The van der Waals surface area contributed by atoms with E-state index in [1.807, 2.05) is 6.92 Å². The van der Waals surface area contributed by atoms with E-state index in [1.165, 1.54) is 0 Å². The highest BCUT2D eigenvalue weighted by Gasteiger charge is 2.60. The van der Waals surface area contributed by atoms with Crippen LogP contribution >= 0.6 is 12.2 Å². The molecule has 1 saturated heterocycles. The topological polar surface area (TPSA) is 58.2 Å². The van der Waals surface area contributed by atoms with Crippen LogP contribution in [0.1, 0.15) is 39.5 Å². The average molecular weight is 254 g/mol. The number of nitrogens with one attached hydrogen (secondary N) is 2. The number of carbonyl (C=O) groups is 2. The van der Waals surface area contributed by atoms with Crippen LogP contribution in [0.5, 0.6) is 0 Å². The second-order valence-corrected chi connectivity index (χ2v) is 5.48. The Kier molecular flexibility index (Phi) is 3.21. The number of carbonyl (C=O) groups excluding carboxylic acids is 2. The van der Waals surface area contributed by atoms with Crippen molar-refractivity contribution in [1.29, 1.82) is 0 Å². The Bertz CT molecular complexity index is 359. The minimum Gasteiger partial charge on any atom is -0.302 e. The molecule has 0 radical (unpaired) electrons. The van der Waals surface area contributed by atoms with Crippen LogP contribution < -0.4 is 10.6 Å². The lowest BCUT2D eigenvalue weighted by Gasteiger charge is -2.39. The number of hydrogen-bond acceptors (Lipinski definition) is 3. The molecule has 1 spiro atoms. The average Bonchev–Trinajstić information content (AvgIpc) is 2.55. The molecule has 2 amide bonds. The quantitative estimate of drug-likeness (QED) is 0.577. The minimum atomic E-state index is -0.891. The number of hydrogen-bond donors (Lipinski definition) is 2. The van der Waals surface area contributed by atoms with Gasteiger partial charge in [0, 0.05) is 0 Å². The smallest absolute Gasteiger partial charge is 0.242 e. The Morgan fingerprint density at radius 3 is 2.41 bits per heavy atom. The molecule has 17 heavy (non-hydrogen) atoms. The van der Waals surface area contributed by atoms with Crippen molar-refractivity contribution in [3.63, 3.8) is 0 Å². The van der Waals surface area contributed by atoms with E-state index in [9.17, 15) is 9.59 Å². The zero-order chi connectivity index (χ0) is 12.6. The maximum Gasteiger partial charge on any atom is 0.242 e. The zero-order valence-corrected chi connectivity index (χ0v) is 11.0. The van der Waals surface area contributed by atoms with Crippen molar-refractivity contribution in [2.45, 2.75) is 39.5 Å². The van der Waals surface area contributed by atoms with E-state index in [4.69, 9.17) is 12.2 Å². The molecule has 2 rings (SSSR count). The summed E-state index contributed by atoms with van der Waals surface area (Å²) < 4.78 is 0. The molecule has 0 bridgehead atoms. The van der Waals surface area contributed by atoms with Gasteiger partial charge in [-0.3, -0.25) is 9.59 Å². The van der Waals surface area contributed by atoms with Gasteiger partial charge >= 0.3 is 0 Å². The minimum absolute atomic E-state index is 0.0853. The molecule has 2 fully saturated rings. The molecule has 5 heteroatoms. The highest BCUT2D eigenvalue weighted by atomic mass is 32.1. The third-order valence-electron chi connectivity index (χ3n) is 4.21. The van der Waals surface area contributed by atoms with Gasteiger partial charge in [-0.2, -0.15) is 0 Å². The predicted molar refractivity (Wildman–Crippen MR) is 68.1 cm³/mol. The monoisotopic (exact) mass is 254 g/mol. The largest absolute Gasteiger partial charge is 0.302 e. The molecule has 2 N–H and O–H groups in total. The summed E-state index contributed by atoms with van der Waals surface area (Å²) in [5.41, 5.74) is -0.891. The summed E-state index contributed by atoms with van der Waals surface area (Å²) in [6.45, 7) is 4.07. The van der Waals surface area contributed by atoms with Gasteiger partial charge in [0.05, 0.1) is 0 Å². The van der Waals surface area contributed by atoms with Gasteiger partial charge in [-0.05, 0) is 43.3 Å². The summed E-state index contributed by atoms with van der Waals surface area (Å²) in [6, 6.07) is 0. The molecule has 0 aromatic rings. The summed E-state index contributed by atoms with van der Waals surface area (Å²) in [5.74, 6) is -0.169. The van der Waals surface area contributed by atoms with Gasteiger partial charge in [-0.25, -0.2) is 0 Å². The first-order valence-corrected chi connectivity index (χ1v) is 6.61. The van der Waals surface area contributed by atoms with Crippen LogP contribution in [0.3, 0.4) is 0 Å². The number of amides is 2. The van der Waals surface area contributed by atoms with E-state index in [2.05, 4.69) is 17.6 Å². The maximum absolute atomic E-state index is 12.3. The van der Waals surface area contributed by atoms with Crippen molar-refractivity contribution in [3.05, 3.63) is 0 Å². The fourth-order valence-electron chi connectivity index (χ4n) is 3.40. The first kappa shape index (κ1) is 12.5. The van der Waals surface area contributed by atoms with Crippen LogP contribution in [0.4, 0.5) is 0 Å². The molecular formula is C12H18N2O2S. The molecule has 1 aliphatic heterocycles. The van der Waals surface area contributed by atoms with E-state index < -0.39 is 5.41 Å². The van der Waals surface area contributed by atoms with Crippen molar-refractivity contribution in [3.8, 4) is 0 Å². The summed E-state index contributed by atoms with van der Waals surface area (Å²) in [6.07, 6.45) is 3.78. The maximum atomic E-state index is 12.3. The molecule has 0 aromatic carbocycles. The zero-order valence-electron chi connectivity index (χ0n) is 10.2. The van der Waals surface area contributed by atoms with Crippen molar-refractivity contribution in [1.82, 2.24) is 10.6 Å². The Morgan fingerprint density at radius 1 is 1.29 bits per heavy atom. The van der Waals surface area contributed by atoms with Crippen LogP contribution in [0, 0.1) is 17.3 Å². The second-order valence-electron chi connectivity index (χ2n) is 5.07. The molecule has 0 aromatic heterocycles. The fourth-order valence-corrected chi connectivity index (χ4v) is 3.58. The van der Waals surface area contributed by atoms with E-state index >= 15 is 0 Å². The first-order valence-electron chi connectivity index (χ1n) is 6.20. The van der Waals surface area contributed by atoms with Crippen LogP contribution in [0.15, 0.2) is 0 Å². The van der Waals surface area contributed by atoms with Crippen LogP contribution in [0.2, 0.25) is 0 Å². The third-order valence-corrected chi connectivity index (χ3v) is 4.42. The van der Waals surface area contributed by atoms with Crippen LogP contribution in [-0.2, 0) is 9.59 Å². The Morgan fingerprint density at radius 2 is 1.88 bits per heavy atom. The lowest BCUT2D eigenvalue weighted by atomic mass is 9.68. The van der Waals surface area contributed by atoms with Crippen molar-refractivity contribution < 1.29 is 9.59 Å². The Labute approximate surface area is 107 Å². The molecule has 1 saturated carbocycles. The highest BCUT2D eigenvalue weighted by molar-refractivity contribution is 7.80. The molecule has 94 valence electrons. The lowest BCUT2D eigenvalue weighted by Crippen LogP contribution is -2.65. The van der Waals surface area contributed by atoms with Crippen molar-refractivity contribution >= 4 is 29.1 Å². The highest BCUT2D eigenvalue weighted by Crippen LogP contribution is 2.50. The molecule has 1 aliphatic carbocycles. The molecule has 2 atom stereocenters. The first-order chi connectivity index (χ1) is 8.03. The van der Waals surface area contributed by atoms with Gasteiger partial charge < -0.3 is 10.6 Å². The van der Waals surface area contributed by atoms with Gasteiger partial charge in [-0.1, -0.05) is 20.3 Å². The number of rotatable bonds is 2. The fraction of sp³-hybridized carbons (Fsp3) is 0.750. The van der Waals surface area contributed by atoms with Gasteiger partial charge in [0.2, 0.25) is 11.8 Å². The van der Waals surface area contributed by atoms with E-state index in [0.717, 1.165) is 25.7 Å². The second kappa shape index (κ2) is 4.37. The predicted octanol–water partition coefficient (Wildman–Crippen LogP) is 1.35. The van der Waals surface area contributed by atoms with E-state index in [-0.39, 0.29) is 28.8 Å². The van der Waals surface area contributed by atoms with E-state index in [1.54, 1.807) is 0 Å².